The molecular formula is C19H18F2N4O2S. The first-order chi connectivity index (χ1) is 13.4. The summed E-state index contributed by atoms with van der Waals surface area (Å²) < 4.78 is 27.2. The van der Waals surface area contributed by atoms with Gasteiger partial charge in [-0.1, -0.05) is 18.2 Å². The maximum absolute atomic E-state index is 12.9. The van der Waals surface area contributed by atoms with Crippen LogP contribution in [-0.2, 0) is 11.3 Å². The van der Waals surface area contributed by atoms with E-state index < -0.39 is 11.7 Å². The highest BCUT2D eigenvalue weighted by atomic mass is 32.2. The molecule has 0 aliphatic rings. The molecule has 0 spiro atoms. The van der Waals surface area contributed by atoms with Crippen molar-refractivity contribution in [2.45, 2.75) is 24.4 Å². The summed E-state index contributed by atoms with van der Waals surface area (Å²) in [4.78, 5) is 28.6. The van der Waals surface area contributed by atoms with Crippen LogP contribution in [0.1, 0.15) is 15.9 Å². The first-order valence-corrected chi connectivity index (χ1v) is 9.29. The zero-order valence-corrected chi connectivity index (χ0v) is 16.0. The molecule has 0 saturated carbocycles. The lowest BCUT2D eigenvalue weighted by atomic mass is 10.1. The lowest BCUT2D eigenvalue weighted by Crippen LogP contribution is -2.21. The molecule has 2 amide bonds. The Morgan fingerprint density at radius 2 is 1.96 bits per heavy atom. The Morgan fingerprint density at radius 1 is 1.21 bits per heavy atom. The number of rotatable bonds is 6. The summed E-state index contributed by atoms with van der Waals surface area (Å²) in [6.07, 6.45) is 0. The van der Waals surface area contributed by atoms with Gasteiger partial charge >= 0.3 is 0 Å². The van der Waals surface area contributed by atoms with Gasteiger partial charge in [0.15, 0.2) is 5.16 Å². The summed E-state index contributed by atoms with van der Waals surface area (Å²) in [6, 6.07) is 11.9. The second kappa shape index (κ2) is 8.39. The standard InChI is InChI=1S/C19H18F2N4O2S/c1-11-7-8-12(17(27)22-2)9-14(11)23-16(26)10-25-15-6-4-3-5-13(15)24-19(25)28-18(20)21/h3-9,18H,10H2,1-2H3,(H,22,27)(H,23,26). The molecule has 146 valence electrons. The average Bonchev–Trinajstić information content (AvgIpc) is 2.99. The molecule has 0 saturated heterocycles. The van der Waals surface area contributed by atoms with Gasteiger partial charge in [-0.05, 0) is 48.5 Å². The number of aryl methyl sites for hydroxylation is 1. The molecule has 3 rings (SSSR count). The minimum Gasteiger partial charge on any atom is -0.355 e. The Kier molecular flexibility index (Phi) is 5.93. The molecule has 2 N–H and O–H groups in total. The number of fused-ring (bicyclic) bond motifs is 1. The van der Waals surface area contributed by atoms with E-state index in [4.69, 9.17) is 0 Å². The number of thioether (sulfide) groups is 1. The van der Waals surface area contributed by atoms with Crippen molar-refractivity contribution >= 4 is 40.3 Å². The van der Waals surface area contributed by atoms with Crippen molar-refractivity contribution in [3.05, 3.63) is 53.6 Å². The summed E-state index contributed by atoms with van der Waals surface area (Å²) in [5.74, 6) is -3.33. The van der Waals surface area contributed by atoms with Gasteiger partial charge < -0.3 is 15.2 Å². The van der Waals surface area contributed by atoms with Gasteiger partial charge in [-0.25, -0.2) is 4.98 Å². The molecule has 28 heavy (non-hydrogen) atoms. The Morgan fingerprint density at radius 3 is 2.68 bits per heavy atom. The van der Waals surface area contributed by atoms with E-state index in [-0.39, 0.29) is 17.6 Å². The van der Waals surface area contributed by atoms with Crippen LogP contribution in [0, 0.1) is 6.92 Å². The number of hydrogen-bond donors (Lipinski definition) is 2. The summed E-state index contributed by atoms with van der Waals surface area (Å²) in [5, 5.41) is 5.35. The summed E-state index contributed by atoms with van der Waals surface area (Å²) in [5.41, 5.74) is 2.80. The number of aromatic nitrogens is 2. The van der Waals surface area contributed by atoms with Crippen molar-refractivity contribution in [2.75, 3.05) is 12.4 Å². The van der Waals surface area contributed by atoms with Crippen molar-refractivity contribution < 1.29 is 18.4 Å². The molecule has 0 fully saturated rings. The van der Waals surface area contributed by atoms with E-state index >= 15 is 0 Å². The number of nitrogens with one attached hydrogen (secondary N) is 2. The fraction of sp³-hybridized carbons (Fsp3) is 0.211. The normalized spacial score (nSPS) is 11.0. The third kappa shape index (κ3) is 4.30. The van der Waals surface area contributed by atoms with Crippen LogP contribution in [0.2, 0.25) is 0 Å². The zero-order valence-electron chi connectivity index (χ0n) is 15.2. The van der Waals surface area contributed by atoms with Crippen LogP contribution >= 0.6 is 11.8 Å². The second-order valence-electron chi connectivity index (χ2n) is 6.00. The molecule has 1 aromatic heterocycles. The van der Waals surface area contributed by atoms with Crippen LogP contribution in [0.5, 0.6) is 0 Å². The predicted molar refractivity (Wildman–Crippen MR) is 105 cm³/mol. The minimum absolute atomic E-state index is 0.0715. The molecule has 0 radical (unpaired) electrons. The molecule has 3 aromatic rings. The highest BCUT2D eigenvalue weighted by Gasteiger charge is 2.18. The highest BCUT2D eigenvalue weighted by molar-refractivity contribution is 7.99. The van der Waals surface area contributed by atoms with Gasteiger partial charge in [0.2, 0.25) is 5.91 Å². The van der Waals surface area contributed by atoms with E-state index in [9.17, 15) is 18.4 Å². The van der Waals surface area contributed by atoms with Gasteiger partial charge in [0, 0.05) is 18.3 Å². The number of benzene rings is 2. The Labute approximate surface area is 164 Å². The largest absolute Gasteiger partial charge is 0.355 e. The van der Waals surface area contributed by atoms with Gasteiger partial charge in [-0.3, -0.25) is 9.59 Å². The third-order valence-electron chi connectivity index (χ3n) is 4.12. The van der Waals surface area contributed by atoms with E-state index in [1.807, 2.05) is 0 Å². The Balaban J connectivity index is 1.87. The van der Waals surface area contributed by atoms with Gasteiger partial charge in [-0.15, -0.1) is 0 Å². The first kappa shape index (κ1) is 19.8. The number of para-hydroxylation sites is 2. The van der Waals surface area contributed by atoms with E-state index in [0.717, 1.165) is 5.56 Å². The van der Waals surface area contributed by atoms with Crippen LogP contribution < -0.4 is 10.6 Å². The average molecular weight is 404 g/mol. The van der Waals surface area contributed by atoms with Gasteiger partial charge in [0.25, 0.3) is 11.7 Å². The van der Waals surface area contributed by atoms with Crippen molar-refractivity contribution in [1.82, 2.24) is 14.9 Å². The number of carbonyl (C=O) groups excluding carboxylic acids is 2. The van der Waals surface area contributed by atoms with E-state index in [1.54, 1.807) is 49.4 Å². The molecule has 0 aliphatic heterocycles. The fourth-order valence-corrected chi connectivity index (χ4v) is 3.35. The molecule has 0 unspecified atom stereocenters. The van der Waals surface area contributed by atoms with Crippen LogP contribution in [0.4, 0.5) is 14.5 Å². The minimum atomic E-state index is -2.65. The number of alkyl halides is 2. The number of anilines is 1. The predicted octanol–water partition coefficient (Wildman–Crippen LogP) is 3.66. The van der Waals surface area contributed by atoms with Crippen molar-refractivity contribution in [3.8, 4) is 0 Å². The van der Waals surface area contributed by atoms with Gasteiger partial charge in [0.05, 0.1) is 11.0 Å². The number of imidazole rings is 1. The summed E-state index contributed by atoms with van der Waals surface area (Å²) in [7, 11) is 1.52. The molecule has 0 bridgehead atoms. The van der Waals surface area contributed by atoms with Gasteiger partial charge in [0.1, 0.15) is 6.54 Å². The van der Waals surface area contributed by atoms with E-state index in [1.165, 1.54) is 11.6 Å². The molecule has 9 heteroatoms. The van der Waals surface area contributed by atoms with E-state index in [0.29, 0.717) is 34.0 Å². The smallest absolute Gasteiger partial charge is 0.291 e. The van der Waals surface area contributed by atoms with Crippen LogP contribution in [0.25, 0.3) is 11.0 Å². The number of halogens is 2. The Bertz CT molecular complexity index is 1040. The monoisotopic (exact) mass is 404 g/mol. The number of hydrogen-bond acceptors (Lipinski definition) is 4. The van der Waals surface area contributed by atoms with Crippen LogP contribution in [0.15, 0.2) is 47.6 Å². The maximum atomic E-state index is 12.9. The second-order valence-corrected chi connectivity index (χ2v) is 6.96. The van der Waals surface area contributed by atoms with Crippen molar-refractivity contribution in [3.63, 3.8) is 0 Å². The number of carbonyl (C=O) groups is 2. The summed E-state index contributed by atoms with van der Waals surface area (Å²) in [6.45, 7) is 1.62. The SMILES string of the molecule is CNC(=O)c1ccc(C)c(NC(=O)Cn2c(SC(F)F)nc3ccccc32)c1. The lowest BCUT2D eigenvalue weighted by Gasteiger charge is -2.12. The topological polar surface area (TPSA) is 76.0 Å². The molecule has 2 aromatic carbocycles. The highest BCUT2D eigenvalue weighted by Crippen LogP contribution is 2.28. The maximum Gasteiger partial charge on any atom is 0.291 e. The molecular weight excluding hydrogens is 386 g/mol. The summed E-state index contributed by atoms with van der Waals surface area (Å²) >= 11 is 0.297. The van der Waals surface area contributed by atoms with Crippen molar-refractivity contribution in [2.24, 2.45) is 0 Å². The molecule has 1 heterocycles. The third-order valence-corrected chi connectivity index (χ3v) is 4.82. The lowest BCUT2D eigenvalue weighted by molar-refractivity contribution is -0.116. The molecule has 0 aliphatic carbocycles. The van der Waals surface area contributed by atoms with Gasteiger partial charge in [-0.2, -0.15) is 8.78 Å². The number of amides is 2. The fourth-order valence-electron chi connectivity index (χ4n) is 2.75. The quantitative estimate of drug-likeness (QED) is 0.615. The Hall–Kier alpha value is -2.94. The molecule has 6 nitrogen and oxygen atoms in total. The number of nitrogens with zero attached hydrogens (tertiary/aromatic N) is 2. The first-order valence-electron chi connectivity index (χ1n) is 8.41. The van der Waals surface area contributed by atoms with Crippen LogP contribution in [0.3, 0.4) is 0 Å². The van der Waals surface area contributed by atoms with E-state index in [2.05, 4.69) is 15.6 Å². The van der Waals surface area contributed by atoms with Crippen molar-refractivity contribution in [1.29, 1.82) is 0 Å². The molecule has 0 atom stereocenters. The zero-order chi connectivity index (χ0) is 20.3. The van der Waals surface area contributed by atoms with Crippen LogP contribution in [-0.4, -0.2) is 34.2 Å².